The molecule has 0 aromatic carbocycles. The van der Waals surface area contributed by atoms with Crippen molar-refractivity contribution in [1.29, 1.82) is 0 Å². The maximum atomic E-state index is 9.62. The van der Waals surface area contributed by atoms with Crippen molar-refractivity contribution < 1.29 is 5.11 Å². The third kappa shape index (κ3) is 3.00. The SMILES string of the molecule is CC(C)C(O)CCc1cccnc1N. The molecule has 0 fully saturated rings. The third-order valence-corrected chi connectivity index (χ3v) is 2.41. The molecular weight excluding hydrogens is 176 g/mol. The van der Waals surface area contributed by atoms with E-state index in [4.69, 9.17) is 5.73 Å². The summed E-state index contributed by atoms with van der Waals surface area (Å²) in [7, 11) is 0. The van der Waals surface area contributed by atoms with Crippen LogP contribution in [0, 0.1) is 5.92 Å². The van der Waals surface area contributed by atoms with Gasteiger partial charge < -0.3 is 10.8 Å². The number of anilines is 1. The van der Waals surface area contributed by atoms with E-state index in [1.165, 1.54) is 0 Å². The highest BCUT2D eigenvalue weighted by Gasteiger charge is 2.09. The van der Waals surface area contributed by atoms with Crippen LogP contribution in [0.2, 0.25) is 0 Å². The van der Waals surface area contributed by atoms with Crippen LogP contribution in [0.3, 0.4) is 0 Å². The summed E-state index contributed by atoms with van der Waals surface area (Å²) in [6, 6.07) is 3.82. The Labute approximate surface area is 85.0 Å². The highest BCUT2D eigenvalue weighted by Crippen LogP contribution is 2.14. The number of aromatic nitrogens is 1. The van der Waals surface area contributed by atoms with Gasteiger partial charge in [-0.25, -0.2) is 4.98 Å². The van der Waals surface area contributed by atoms with Crippen molar-refractivity contribution in [3.63, 3.8) is 0 Å². The zero-order valence-electron chi connectivity index (χ0n) is 8.77. The molecule has 1 aromatic heterocycles. The topological polar surface area (TPSA) is 59.1 Å². The molecule has 0 aliphatic heterocycles. The van der Waals surface area contributed by atoms with Crippen molar-refractivity contribution in [3.8, 4) is 0 Å². The molecule has 14 heavy (non-hydrogen) atoms. The lowest BCUT2D eigenvalue weighted by Crippen LogP contribution is -2.15. The first-order chi connectivity index (χ1) is 6.61. The molecule has 1 unspecified atom stereocenters. The molecule has 0 saturated carbocycles. The Morgan fingerprint density at radius 2 is 2.21 bits per heavy atom. The van der Waals surface area contributed by atoms with E-state index in [0.717, 1.165) is 18.4 Å². The summed E-state index contributed by atoms with van der Waals surface area (Å²) in [5.74, 6) is 0.872. The van der Waals surface area contributed by atoms with Gasteiger partial charge in [-0.2, -0.15) is 0 Å². The van der Waals surface area contributed by atoms with Gasteiger partial charge in [0.05, 0.1) is 6.10 Å². The second kappa shape index (κ2) is 4.96. The summed E-state index contributed by atoms with van der Waals surface area (Å²) in [6.07, 6.45) is 2.96. The monoisotopic (exact) mass is 194 g/mol. The van der Waals surface area contributed by atoms with Crippen LogP contribution in [0.5, 0.6) is 0 Å². The van der Waals surface area contributed by atoms with Crippen molar-refractivity contribution in [1.82, 2.24) is 4.98 Å². The smallest absolute Gasteiger partial charge is 0.126 e. The van der Waals surface area contributed by atoms with E-state index in [2.05, 4.69) is 4.98 Å². The van der Waals surface area contributed by atoms with Gasteiger partial charge in [0.2, 0.25) is 0 Å². The van der Waals surface area contributed by atoms with E-state index in [-0.39, 0.29) is 6.10 Å². The fourth-order valence-corrected chi connectivity index (χ4v) is 1.30. The molecule has 1 atom stereocenters. The Kier molecular flexibility index (Phi) is 3.89. The summed E-state index contributed by atoms with van der Waals surface area (Å²) in [6.45, 7) is 4.02. The van der Waals surface area contributed by atoms with Gasteiger partial charge in [-0.15, -0.1) is 0 Å². The number of nitrogen functional groups attached to an aromatic ring is 1. The molecule has 0 bridgehead atoms. The van der Waals surface area contributed by atoms with E-state index in [1.807, 2.05) is 26.0 Å². The molecular formula is C11H18N2O. The predicted molar refractivity (Wildman–Crippen MR) is 57.8 cm³/mol. The van der Waals surface area contributed by atoms with Gasteiger partial charge in [0, 0.05) is 6.20 Å². The first-order valence-electron chi connectivity index (χ1n) is 4.98. The summed E-state index contributed by atoms with van der Waals surface area (Å²) < 4.78 is 0. The lowest BCUT2D eigenvalue weighted by molar-refractivity contribution is 0.116. The fourth-order valence-electron chi connectivity index (χ4n) is 1.30. The Morgan fingerprint density at radius 3 is 2.79 bits per heavy atom. The predicted octanol–water partition coefficient (Wildman–Crippen LogP) is 1.61. The maximum Gasteiger partial charge on any atom is 0.126 e. The van der Waals surface area contributed by atoms with Gasteiger partial charge >= 0.3 is 0 Å². The van der Waals surface area contributed by atoms with Crippen molar-refractivity contribution in [2.45, 2.75) is 32.8 Å². The Bertz CT molecular complexity index is 286. The van der Waals surface area contributed by atoms with Crippen LogP contribution in [0.1, 0.15) is 25.8 Å². The van der Waals surface area contributed by atoms with Crippen molar-refractivity contribution in [2.24, 2.45) is 5.92 Å². The van der Waals surface area contributed by atoms with Gasteiger partial charge in [0.25, 0.3) is 0 Å². The first-order valence-corrected chi connectivity index (χ1v) is 4.98. The standard InChI is InChI=1S/C11H18N2O/c1-8(2)10(14)6-5-9-4-3-7-13-11(9)12/h3-4,7-8,10,14H,5-6H2,1-2H3,(H2,12,13). The second-order valence-electron chi connectivity index (χ2n) is 3.90. The van der Waals surface area contributed by atoms with Crippen molar-refractivity contribution in [3.05, 3.63) is 23.9 Å². The van der Waals surface area contributed by atoms with Crippen LogP contribution in [0.4, 0.5) is 5.82 Å². The van der Waals surface area contributed by atoms with Gasteiger partial charge in [-0.05, 0) is 30.4 Å². The van der Waals surface area contributed by atoms with Crippen LogP contribution in [-0.2, 0) is 6.42 Å². The average Bonchev–Trinajstić information content (AvgIpc) is 2.16. The molecule has 1 aromatic rings. The molecule has 1 rings (SSSR count). The molecule has 3 nitrogen and oxygen atoms in total. The third-order valence-electron chi connectivity index (χ3n) is 2.41. The zero-order valence-corrected chi connectivity index (χ0v) is 8.77. The average molecular weight is 194 g/mol. The zero-order chi connectivity index (χ0) is 10.6. The van der Waals surface area contributed by atoms with Crippen LogP contribution in [0.15, 0.2) is 18.3 Å². The number of rotatable bonds is 4. The van der Waals surface area contributed by atoms with Crippen LogP contribution in [-0.4, -0.2) is 16.2 Å². The molecule has 0 aliphatic carbocycles. The Balaban J connectivity index is 2.50. The minimum atomic E-state index is -0.255. The molecule has 0 radical (unpaired) electrons. The molecule has 3 heteroatoms. The fraction of sp³-hybridized carbons (Fsp3) is 0.545. The number of aryl methyl sites for hydroxylation is 1. The van der Waals surface area contributed by atoms with Crippen LogP contribution in [0.25, 0.3) is 0 Å². The minimum Gasteiger partial charge on any atom is -0.393 e. The number of nitrogens with two attached hydrogens (primary N) is 1. The lowest BCUT2D eigenvalue weighted by atomic mass is 10.00. The minimum absolute atomic E-state index is 0.255. The highest BCUT2D eigenvalue weighted by molar-refractivity contribution is 5.38. The molecule has 78 valence electrons. The molecule has 3 N–H and O–H groups in total. The summed E-state index contributed by atoms with van der Waals surface area (Å²) in [5, 5.41) is 9.62. The van der Waals surface area contributed by atoms with Gasteiger partial charge in [-0.3, -0.25) is 0 Å². The normalized spacial score (nSPS) is 13.1. The molecule has 0 aliphatic rings. The van der Waals surface area contributed by atoms with E-state index in [0.29, 0.717) is 11.7 Å². The largest absolute Gasteiger partial charge is 0.393 e. The first kappa shape index (κ1) is 11.0. The summed E-state index contributed by atoms with van der Waals surface area (Å²) in [5.41, 5.74) is 6.71. The molecule has 0 spiro atoms. The highest BCUT2D eigenvalue weighted by atomic mass is 16.3. The van der Waals surface area contributed by atoms with Crippen molar-refractivity contribution >= 4 is 5.82 Å². The quantitative estimate of drug-likeness (QED) is 0.765. The van der Waals surface area contributed by atoms with Crippen molar-refractivity contribution in [2.75, 3.05) is 5.73 Å². The number of nitrogens with zero attached hydrogens (tertiary/aromatic N) is 1. The van der Waals surface area contributed by atoms with Crippen LogP contribution < -0.4 is 5.73 Å². The van der Waals surface area contributed by atoms with E-state index in [9.17, 15) is 5.11 Å². The van der Waals surface area contributed by atoms with Crippen LogP contribution >= 0.6 is 0 Å². The number of aliphatic hydroxyl groups is 1. The maximum absolute atomic E-state index is 9.62. The second-order valence-corrected chi connectivity index (χ2v) is 3.90. The number of pyridine rings is 1. The summed E-state index contributed by atoms with van der Waals surface area (Å²) >= 11 is 0. The Morgan fingerprint density at radius 1 is 1.50 bits per heavy atom. The molecule has 0 saturated heterocycles. The van der Waals surface area contributed by atoms with E-state index >= 15 is 0 Å². The molecule has 1 heterocycles. The number of hydrogen-bond donors (Lipinski definition) is 2. The lowest BCUT2D eigenvalue weighted by Gasteiger charge is -2.14. The number of aliphatic hydroxyl groups excluding tert-OH is 1. The van der Waals surface area contributed by atoms with Gasteiger partial charge in [0.1, 0.15) is 5.82 Å². The summed E-state index contributed by atoms with van der Waals surface area (Å²) in [4.78, 5) is 4.00. The van der Waals surface area contributed by atoms with Gasteiger partial charge in [-0.1, -0.05) is 19.9 Å². The van der Waals surface area contributed by atoms with E-state index < -0.39 is 0 Å². The van der Waals surface area contributed by atoms with E-state index in [1.54, 1.807) is 6.20 Å². The number of hydrogen-bond acceptors (Lipinski definition) is 3. The molecule has 0 amide bonds. The Hall–Kier alpha value is -1.09. The van der Waals surface area contributed by atoms with Gasteiger partial charge in [0.15, 0.2) is 0 Å².